The van der Waals surface area contributed by atoms with Crippen molar-refractivity contribution >= 4 is 23.2 Å². The number of hydrogen-bond donors (Lipinski definition) is 3. The van der Waals surface area contributed by atoms with E-state index in [1.54, 1.807) is 24.3 Å². The van der Waals surface area contributed by atoms with Gasteiger partial charge in [-0.2, -0.15) is 0 Å². The molecule has 3 N–H and O–H groups in total. The van der Waals surface area contributed by atoms with Crippen molar-refractivity contribution in [1.29, 1.82) is 0 Å². The molecule has 108 valence electrons. The first-order valence-corrected chi connectivity index (χ1v) is 7.14. The molecule has 0 unspecified atom stereocenters. The topological polar surface area (TPSA) is 62.6 Å². The number of hydrogen-bond acceptors (Lipinski definition) is 2. The largest absolute Gasteiger partial charge is 0.327 e. The van der Waals surface area contributed by atoms with Crippen LogP contribution in [-0.4, -0.2) is 31.4 Å². The van der Waals surface area contributed by atoms with Gasteiger partial charge in [0.2, 0.25) is 5.91 Å². The van der Waals surface area contributed by atoms with Crippen LogP contribution in [0.3, 0.4) is 0 Å². The van der Waals surface area contributed by atoms with Gasteiger partial charge in [0, 0.05) is 18.3 Å². The quantitative estimate of drug-likeness (QED) is 0.756. The lowest BCUT2D eigenvalue weighted by molar-refractivity contribution is -0.896. The van der Waals surface area contributed by atoms with Gasteiger partial charge in [0.05, 0.1) is 13.1 Å². The summed E-state index contributed by atoms with van der Waals surface area (Å²) in [7, 11) is 0. The second kappa shape index (κ2) is 7.05. The van der Waals surface area contributed by atoms with Gasteiger partial charge < -0.3 is 15.5 Å². The fourth-order valence-corrected chi connectivity index (χ4v) is 2.50. The molecule has 5 heteroatoms. The summed E-state index contributed by atoms with van der Waals surface area (Å²) in [5.41, 5.74) is 1.50. The number of anilines is 2. The molecule has 0 bridgehead atoms. The summed E-state index contributed by atoms with van der Waals surface area (Å²) in [6.45, 7) is 4.19. The van der Waals surface area contributed by atoms with E-state index in [1.807, 2.05) is 0 Å². The number of quaternary nitrogens is 1. The molecule has 1 aromatic carbocycles. The molecule has 2 amide bonds. The molecule has 1 saturated heterocycles. The predicted molar refractivity (Wildman–Crippen MR) is 78.8 cm³/mol. The summed E-state index contributed by atoms with van der Waals surface area (Å²) in [5, 5.41) is 5.59. The van der Waals surface area contributed by atoms with Gasteiger partial charge in [0.25, 0.3) is 5.91 Å². The Morgan fingerprint density at radius 1 is 1.00 bits per heavy atom. The smallest absolute Gasteiger partial charge is 0.279 e. The maximum absolute atomic E-state index is 11.9. The minimum Gasteiger partial charge on any atom is -0.327 e. The van der Waals surface area contributed by atoms with E-state index in [4.69, 9.17) is 0 Å². The first-order chi connectivity index (χ1) is 9.63. The number of likely N-dealkylation sites (tertiary alicyclic amines) is 1. The molecule has 1 aliphatic rings. The van der Waals surface area contributed by atoms with Crippen molar-refractivity contribution in [3.8, 4) is 0 Å². The highest BCUT2D eigenvalue weighted by atomic mass is 16.2. The van der Waals surface area contributed by atoms with E-state index in [0.29, 0.717) is 6.54 Å². The zero-order chi connectivity index (χ0) is 14.4. The standard InChI is InChI=1S/C15H21N3O2/c1-12(19)16-13-5-7-14(8-6-13)17-15(20)11-18-9-3-2-4-10-18/h5-8H,2-4,9-11H2,1H3,(H,16,19)(H,17,20)/p+1. The highest BCUT2D eigenvalue weighted by Crippen LogP contribution is 2.13. The van der Waals surface area contributed by atoms with Gasteiger partial charge in [-0.3, -0.25) is 9.59 Å². The first-order valence-electron chi connectivity index (χ1n) is 7.14. The Morgan fingerprint density at radius 3 is 2.10 bits per heavy atom. The lowest BCUT2D eigenvalue weighted by Gasteiger charge is -2.22. The molecule has 0 radical (unpaired) electrons. The zero-order valence-electron chi connectivity index (χ0n) is 11.9. The summed E-state index contributed by atoms with van der Waals surface area (Å²) in [4.78, 5) is 24.2. The summed E-state index contributed by atoms with van der Waals surface area (Å²) >= 11 is 0. The van der Waals surface area contributed by atoms with Gasteiger partial charge in [-0.25, -0.2) is 0 Å². The molecule has 2 rings (SSSR count). The lowest BCUT2D eigenvalue weighted by Crippen LogP contribution is -3.13. The molecule has 0 atom stereocenters. The third kappa shape index (κ3) is 4.66. The minimum absolute atomic E-state index is 0.0502. The van der Waals surface area contributed by atoms with Crippen LogP contribution in [0.4, 0.5) is 11.4 Å². The third-order valence-corrected chi connectivity index (χ3v) is 3.46. The van der Waals surface area contributed by atoms with Crippen LogP contribution in [0, 0.1) is 0 Å². The van der Waals surface area contributed by atoms with E-state index in [1.165, 1.54) is 31.1 Å². The van der Waals surface area contributed by atoms with Crippen LogP contribution in [0.15, 0.2) is 24.3 Å². The van der Waals surface area contributed by atoms with Crippen molar-refractivity contribution in [2.24, 2.45) is 0 Å². The van der Waals surface area contributed by atoms with E-state index >= 15 is 0 Å². The number of carbonyl (C=O) groups excluding carboxylic acids is 2. The SMILES string of the molecule is CC(=O)Nc1ccc(NC(=O)C[NH+]2CCCCC2)cc1. The number of amides is 2. The van der Waals surface area contributed by atoms with Crippen molar-refractivity contribution in [1.82, 2.24) is 0 Å². The Labute approximate surface area is 119 Å². The first kappa shape index (κ1) is 14.5. The van der Waals surface area contributed by atoms with Crippen molar-refractivity contribution in [2.45, 2.75) is 26.2 Å². The van der Waals surface area contributed by atoms with Crippen LogP contribution in [0.25, 0.3) is 0 Å². The van der Waals surface area contributed by atoms with Crippen molar-refractivity contribution in [3.05, 3.63) is 24.3 Å². The van der Waals surface area contributed by atoms with Crippen LogP contribution in [-0.2, 0) is 9.59 Å². The van der Waals surface area contributed by atoms with Crippen LogP contribution >= 0.6 is 0 Å². The fraction of sp³-hybridized carbons (Fsp3) is 0.467. The zero-order valence-corrected chi connectivity index (χ0v) is 11.9. The molecule has 0 spiro atoms. The average Bonchev–Trinajstić information content (AvgIpc) is 2.41. The molecule has 0 saturated carbocycles. The van der Waals surface area contributed by atoms with E-state index in [9.17, 15) is 9.59 Å². The summed E-state index contributed by atoms with van der Waals surface area (Å²) in [6, 6.07) is 7.17. The second-order valence-electron chi connectivity index (χ2n) is 5.29. The molecule has 1 heterocycles. The Bertz CT molecular complexity index is 465. The van der Waals surface area contributed by atoms with Crippen molar-refractivity contribution < 1.29 is 14.5 Å². The van der Waals surface area contributed by atoms with Crippen LogP contribution in [0.5, 0.6) is 0 Å². The molecule has 5 nitrogen and oxygen atoms in total. The van der Waals surface area contributed by atoms with E-state index in [2.05, 4.69) is 10.6 Å². The van der Waals surface area contributed by atoms with Crippen LogP contribution < -0.4 is 15.5 Å². The average molecular weight is 276 g/mol. The fourth-order valence-electron chi connectivity index (χ4n) is 2.50. The molecule has 1 aliphatic heterocycles. The monoisotopic (exact) mass is 276 g/mol. The Balaban J connectivity index is 1.82. The molecule has 0 aliphatic carbocycles. The van der Waals surface area contributed by atoms with E-state index < -0.39 is 0 Å². The molecule has 0 aromatic heterocycles. The maximum atomic E-state index is 11.9. The van der Waals surface area contributed by atoms with Gasteiger partial charge in [-0.1, -0.05) is 0 Å². The van der Waals surface area contributed by atoms with Gasteiger partial charge in [0.15, 0.2) is 6.54 Å². The van der Waals surface area contributed by atoms with Crippen molar-refractivity contribution in [3.63, 3.8) is 0 Å². The second-order valence-corrected chi connectivity index (χ2v) is 5.29. The molecular weight excluding hydrogens is 254 g/mol. The number of piperidine rings is 1. The molecule has 20 heavy (non-hydrogen) atoms. The third-order valence-electron chi connectivity index (χ3n) is 3.46. The van der Waals surface area contributed by atoms with E-state index in [0.717, 1.165) is 24.5 Å². The number of carbonyl (C=O) groups is 2. The summed E-state index contributed by atoms with van der Waals surface area (Å²) in [5.74, 6) is -0.0512. The van der Waals surface area contributed by atoms with Gasteiger partial charge in [0.1, 0.15) is 0 Å². The Morgan fingerprint density at radius 2 is 1.55 bits per heavy atom. The normalized spacial score (nSPS) is 15.7. The number of benzene rings is 1. The van der Waals surface area contributed by atoms with Crippen molar-refractivity contribution in [2.75, 3.05) is 30.3 Å². The van der Waals surface area contributed by atoms with E-state index in [-0.39, 0.29) is 11.8 Å². The van der Waals surface area contributed by atoms with Gasteiger partial charge in [-0.05, 0) is 43.5 Å². The van der Waals surface area contributed by atoms with Crippen LogP contribution in [0.2, 0.25) is 0 Å². The Hall–Kier alpha value is -1.88. The van der Waals surface area contributed by atoms with Gasteiger partial charge in [-0.15, -0.1) is 0 Å². The van der Waals surface area contributed by atoms with Crippen LogP contribution in [0.1, 0.15) is 26.2 Å². The predicted octanol–water partition coefficient (Wildman–Crippen LogP) is 0.652. The minimum atomic E-state index is -0.101. The molecule has 1 aromatic rings. The number of nitrogens with one attached hydrogen (secondary N) is 3. The Kier molecular flexibility index (Phi) is 5.12. The molecular formula is C15H22N3O2+. The summed E-state index contributed by atoms with van der Waals surface area (Å²) < 4.78 is 0. The summed E-state index contributed by atoms with van der Waals surface area (Å²) in [6.07, 6.45) is 3.72. The maximum Gasteiger partial charge on any atom is 0.279 e. The highest BCUT2D eigenvalue weighted by molar-refractivity contribution is 5.92. The number of rotatable bonds is 4. The highest BCUT2D eigenvalue weighted by Gasteiger charge is 2.17. The lowest BCUT2D eigenvalue weighted by atomic mass is 10.1. The van der Waals surface area contributed by atoms with Gasteiger partial charge >= 0.3 is 0 Å². The molecule has 1 fully saturated rings.